The summed E-state index contributed by atoms with van der Waals surface area (Å²) < 4.78 is 5.41. The number of ketones is 1. The Kier molecular flexibility index (Phi) is 5.94. The lowest BCUT2D eigenvalue weighted by Crippen LogP contribution is -2.39. The molecular weight excluding hydrogens is 338 g/mol. The number of ether oxygens (including phenoxy) is 1. The summed E-state index contributed by atoms with van der Waals surface area (Å²) in [6.07, 6.45) is 2.76. The highest BCUT2D eigenvalue weighted by Crippen LogP contribution is 2.33. The molecule has 25 heavy (non-hydrogen) atoms. The standard InChI is InChI=1S/C20H26ClNO3/c1-6-16(23)17-15(8-7-13(2)18(17)21)14-9-11-22(12-10-14)19(24)25-20(3,4)5/h7-9H,6,10-12H2,1-5H3. The van der Waals surface area contributed by atoms with Crippen LogP contribution < -0.4 is 0 Å². The van der Waals surface area contributed by atoms with E-state index in [2.05, 4.69) is 0 Å². The molecule has 4 nitrogen and oxygen atoms in total. The first kappa shape index (κ1) is 19.5. The molecule has 0 fully saturated rings. The molecule has 2 rings (SSSR count). The fourth-order valence-corrected chi connectivity index (χ4v) is 3.07. The van der Waals surface area contributed by atoms with E-state index in [1.807, 2.05) is 52.8 Å². The molecule has 0 unspecified atom stereocenters. The van der Waals surface area contributed by atoms with Crippen LogP contribution in [0.2, 0.25) is 5.02 Å². The Balaban J connectivity index is 2.26. The van der Waals surface area contributed by atoms with Gasteiger partial charge in [-0.15, -0.1) is 0 Å². The van der Waals surface area contributed by atoms with E-state index in [1.54, 1.807) is 4.90 Å². The van der Waals surface area contributed by atoms with Gasteiger partial charge in [-0.05, 0) is 50.8 Å². The van der Waals surface area contributed by atoms with Crippen LogP contribution in [0.5, 0.6) is 0 Å². The number of carbonyl (C=O) groups excluding carboxylic acids is 2. The molecule has 0 atom stereocenters. The van der Waals surface area contributed by atoms with E-state index in [1.165, 1.54) is 0 Å². The molecule has 1 aromatic carbocycles. The Morgan fingerprint density at radius 3 is 2.48 bits per heavy atom. The van der Waals surface area contributed by atoms with Crippen molar-refractivity contribution in [3.05, 3.63) is 39.9 Å². The third-order valence-corrected chi connectivity index (χ3v) is 4.63. The summed E-state index contributed by atoms with van der Waals surface area (Å²) >= 11 is 6.41. The minimum Gasteiger partial charge on any atom is -0.444 e. The third kappa shape index (κ3) is 4.63. The first-order chi connectivity index (χ1) is 11.6. The topological polar surface area (TPSA) is 46.6 Å². The summed E-state index contributed by atoms with van der Waals surface area (Å²) in [5.41, 5.74) is 2.92. The fraction of sp³-hybridized carbons (Fsp3) is 0.500. The maximum absolute atomic E-state index is 12.4. The van der Waals surface area contributed by atoms with Gasteiger partial charge in [-0.25, -0.2) is 4.79 Å². The Morgan fingerprint density at radius 2 is 1.96 bits per heavy atom. The molecule has 136 valence electrons. The zero-order valence-electron chi connectivity index (χ0n) is 15.6. The lowest BCUT2D eigenvalue weighted by Gasteiger charge is -2.30. The molecule has 0 radical (unpaired) electrons. The minimum atomic E-state index is -0.508. The molecule has 0 aliphatic carbocycles. The van der Waals surface area contributed by atoms with Crippen LogP contribution in [0, 0.1) is 6.92 Å². The SMILES string of the molecule is CCC(=O)c1c(C2=CCN(C(=O)OC(C)(C)C)CC2)ccc(C)c1Cl. The van der Waals surface area contributed by atoms with E-state index in [9.17, 15) is 9.59 Å². The molecular formula is C20H26ClNO3. The second-order valence-corrected chi connectivity index (χ2v) is 7.68. The maximum Gasteiger partial charge on any atom is 0.410 e. The summed E-state index contributed by atoms with van der Waals surface area (Å²) in [5, 5.41) is 0.528. The van der Waals surface area contributed by atoms with Crippen LogP contribution in [-0.4, -0.2) is 35.5 Å². The lowest BCUT2D eigenvalue weighted by molar-refractivity contribution is 0.0270. The van der Waals surface area contributed by atoms with Gasteiger partial charge in [0.2, 0.25) is 0 Å². The van der Waals surface area contributed by atoms with Crippen LogP contribution in [0.1, 0.15) is 62.0 Å². The molecule has 1 amide bonds. The second kappa shape index (κ2) is 7.61. The molecule has 0 N–H and O–H groups in total. The van der Waals surface area contributed by atoms with E-state index < -0.39 is 5.60 Å². The van der Waals surface area contributed by atoms with Crippen molar-refractivity contribution >= 4 is 29.1 Å². The summed E-state index contributed by atoms with van der Waals surface area (Å²) in [7, 11) is 0. The molecule has 0 saturated heterocycles. The van der Waals surface area contributed by atoms with Crippen molar-refractivity contribution in [3.63, 3.8) is 0 Å². The van der Waals surface area contributed by atoms with Crippen molar-refractivity contribution in [2.75, 3.05) is 13.1 Å². The van der Waals surface area contributed by atoms with Gasteiger partial charge in [0, 0.05) is 25.1 Å². The first-order valence-corrected chi connectivity index (χ1v) is 9.01. The molecule has 1 aliphatic rings. The largest absolute Gasteiger partial charge is 0.444 e. The summed E-state index contributed by atoms with van der Waals surface area (Å²) in [6.45, 7) is 10.3. The monoisotopic (exact) mass is 363 g/mol. The van der Waals surface area contributed by atoms with E-state index in [-0.39, 0.29) is 11.9 Å². The number of Topliss-reactive ketones (excluding diaryl/α,β-unsaturated/α-hetero) is 1. The van der Waals surface area contributed by atoms with E-state index in [4.69, 9.17) is 16.3 Å². The van der Waals surface area contributed by atoms with Crippen molar-refractivity contribution in [3.8, 4) is 0 Å². The number of amides is 1. The zero-order chi connectivity index (χ0) is 18.8. The molecule has 0 bridgehead atoms. The van der Waals surface area contributed by atoms with Gasteiger partial charge in [-0.3, -0.25) is 4.79 Å². The molecule has 0 saturated carbocycles. The van der Waals surface area contributed by atoms with Crippen LogP contribution in [0.3, 0.4) is 0 Å². The fourth-order valence-electron chi connectivity index (χ4n) is 2.80. The van der Waals surface area contributed by atoms with Crippen molar-refractivity contribution in [1.82, 2.24) is 4.90 Å². The Hall–Kier alpha value is -1.81. The number of rotatable bonds is 3. The van der Waals surface area contributed by atoms with Gasteiger partial charge in [0.1, 0.15) is 5.60 Å². The molecule has 0 spiro atoms. The van der Waals surface area contributed by atoms with E-state index >= 15 is 0 Å². The van der Waals surface area contributed by atoms with Gasteiger partial charge >= 0.3 is 6.09 Å². The molecule has 1 heterocycles. The van der Waals surface area contributed by atoms with Crippen LogP contribution >= 0.6 is 11.6 Å². The number of carbonyl (C=O) groups is 2. The highest BCUT2D eigenvalue weighted by atomic mass is 35.5. The molecule has 1 aromatic rings. The predicted molar refractivity (Wildman–Crippen MR) is 101 cm³/mol. The number of hydrogen-bond donors (Lipinski definition) is 0. The Morgan fingerprint density at radius 1 is 1.28 bits per heavy atom. The highest BCUT2D eigenvalue weighted by molar-refractivity contribution is 6.35. The number of hydrogen-bond acceptors (Lipinski definition) is 3. The second-order valence-electron chi connectivity index (χ2n) is 7.30. The Labute approximate surface area is 154 Å². The summed E-state index contributed by atoms with van der Waals surface area (Å²) in [4.78, 5) is 26.2. The van der Waals surface area contributed by atoms with Crippen LogP contribution in [-0.2, 0) is 4.74 Å². The van der Waals surface area contributed by atoms with Crippen molar-refractivity contribution in [2.24, 2.45) is 0 Å². The van der Waals surface area contributed by atoms with Crippen molar-refractivity contribution in [1.29, 1.82) is 0 Å². The number of nitrogens with zero attached hydrogens (tertiary/aromatic N) is 1. The number of aryl methyl sites for hydroxylation is 1. The predicted octanol–water partition coefficient (Wildman–Crippen LogP) is 5.27. The molecule has 5 heteroatoms. The van der Waals surface area contributed by atoms with Crippen LogP contribution in [0.25, 0.3) is 5.57 Å². The molecule has 1 aliphatic heterocycles. The maximum atomic E-state index is 12.4. The summed E-state index contributed by atoms with van der Waals surface area (Å²) in [5.74, 6) is 0.0409. The highest BCUT2D eigenvalue weighted by Gasteiger charge is 2.25. The van der Waals surface area contributed by atoms with E-state index in [0.29, 0.717) is 36.5 Å². The normalized spacial score (nSPS) is 15.0. The summed E-state index contributed by atoms with van der Waals surface area (Å²) in [6, 6.07) is 3.89. The number of benzene rings is 1. The average Bonchev–Trinajstić information content (AvgIpc) is 2.55. The molecule has 0 aromatic heterocycles. The van der Waals surface area contributed by atoms with Crippen molar-refractivity contribution < 1.29 is 14.3 Å². The number of halogens is 1. The van der Waals surface area contributed by atoms with Gasteiger partial charge in [0.15, 0.2) is 5.78 Å². The van der Waals surface area contributed by atoms with E-state index in [0.717, 1.165) is 16.7 Å². The average molecular weight is 364 g/mol. The van der Waals surface area contributed by atoms with Gasteiger partial charge in [-0.2, -0.15) is 0 Å². The Bertz CT molecular complexity index is 716. The van der Waals surface area contributed by atoms with Gasteiger partial charge in [0.25, 0.3) is 0 Å². The van der Waals surface area contributed by atoms with Crippen LogP contribution in [0.4, 0.5) is 4.79 Å². The van der Waals surface area contributed by atoms with Crippen LogP contribution in [0.15, 0.2) is 18.2 Å². The smallest absolute Gasteiger partial charge is 0.410 e. The minimum absolute atomic E-state index is 0.0409. The first-order valence-electron chi connectivity index (χ1n) is 8.63. The quantitative estimate of drug-likeness (QED) is 0.687. The van der Waals surface area contributed by atoms with Crippen molar-refractivity contribution in [2.45, 2.75) is 53.1 Å². The third-order valence-electron chi connectivity index (χ3n) is 4.14. The van der Waals surface area contributed by atoms with Gasteiger partial charge < -0.3 is 9.64 Å². The lowest BCUT2D eigenvalue weighted by atomic mass is 9.91. The van der Waals surface area contributed by atoms with Gasteiger partial charge in [0.05, 0.1) is 5.02 Å². The van der Waals surface area contributed by atoms with Gasteiger partial charge in [-0.1, -0.05) is 36.7 Å². The zero-order valence-corrected chi connectivity index (χ0v) is 16.4.